The minimum atomic E-state index is -4.32. The molecule has 0 bridgehead atoms. The minimum Gasteiger partial charge on any atom is -0.378 e. The summed E-state index contributed by atoms with van der Waals surface area (Å²) in [5.74, 6) is 0. The number of nitrogens with zero attached hydrogens (tertiary/aromatic N) is 2. The molecule has 0 fully saturated rings. The number of halogens is 3. The first-order chi connectivity index (χ1) is 11.8. The first-order valence-corrected chi connectivity index (χ1v) is 7.91. The zero-order valence-corrected chi connectivity index (χ0v) is 14.3. The highest BCUT2D eigenvalue weighted by Crippen LogP contribution is 2.32. The van der Waals surface area contributed by atoms with E-state index >= 15 is 0 Å². The molecule has 0 aliphatic heterocycles. The largest absolute Gasteiger partial charge is 0.416 e. The van der Waals surface area contributed by atoms with Gasteiger partial charge < -0.3 is 9.47 Å². The van der Waals surface area contributed by atoms with Gasteiger partial charge in [-0.2, -0.15) is 13.2 Å². The molecule has 1 aromatic heterocycles. The number of benzene rings is 2. The van der Waals surface area contributed by atoms with Crippen LogP contribution in [0, 0.1) is 6.92 Å². The third-order valence-corrected chi connectivity index (χ3v) is 4.21. The minimum absolute atomic E-state index is 0.638. The van der Waals surface area contributed by atoms with Crippen molar-refractivity contribution in [2.75, 3.05) is 19.0 Å². The van der Waals surface area contributed by atoms with E-state index in [1.165, 1.54) is 12.1 Å². The van der Waals surface area contributed by atoms with Crippen molar-refractivity contribution < 1.29 is 13.2 Å². The van der Waals surface area contributed by atoms with Crippen LogP contribution in [0.5, 0.6) is 0 Å². The second kappa shape index (κ2) is 6.31. The van der Waals surface area contributed by atoms with Gasteiger partial charge in [-0.1, -0.05) is 12.1 Å². The van der Waals surface area contributed by atoms with E-state index in [0.717, 1.165) is 40.5 Å². The van der Waals surface area contributed by atoms with Crippen LogP contribution in [-0.2, 0) is 6.18 Å². The quantitative estimate of drug-likeness (QED) is 0.606. The van der Waals surface area contributed by atoms with Gasteiger partial charge in [-0.25, -0.2) is 0 Å². The lowest BCUT2D eigenvalue weighted by molar-refractivity contribution is -0.137. The van der Waals surface area contributed by atoms with Gasteiger partial charge in [-0.05, 0) is 61.0 Å². The highest BCUT2D eigenvalue weighted by molar-refractivity contribution is 5.65. The van der Waals surface area contributed by atoms with Crippen molar-refractivity contribution >= 4 is 5.69 Å². The molecular weight excluding hydrogens is 325 g/mol. The van der Waals surface area contributed by atoms with Crippen molar-refractivity contribution in [2.24, 2.45) is 0 Å². The Morgan fingerprint density at radius 1 is 0.800 bits per heavy atom. The summed E-state index contributed by atoms with van der Waals surface area (Å²) in [6.07, 6.45) is -4.32. The van der Waals surface area contributed by atoms with Crippen LogP contribution >= 0.6 is 0 Å². The molecule has 0 aliphatic rings. The maximum Gasteiger partial charge on any atom is 0.416 e. The molecule has 1 heterocycles. The van der Waals surface area contributed by atoms with E-state index in [2.05, 4.69) is 0 Å². The second-order valence-corrected chi connectivity index (χ2v) is 6.18. The Morgan fingerprint density at radius 3 is 1.92 bits per heavy atom. The molecule has 0 aliphatic carbocycles. The molecule has 5 heteroatoms. The fourth-order valence-electron chi connectivity index (χ4n) is 2.84. The Balaban J connectivity index is 2.02. The molecule has 0 saturated carbocycles. The van der Waals surface area contributed by atoms with Crippen molar-refractivity contribution in [1.82, 2.24) is 4.57 Å². The van der Waals surface area contributed by atoms with Gasteiger partial charge in [0.2, 0.25) is 0 Å². The molecule has 2 nitrogen and oxygen atoms in total. The van der Waals surface area contributed by atoms with Gasteiger partial charge >= 0.3 is 6.18 Å². The van der Waals surface area contributed by atoms with Gasteiger partial charge in [0.1, 0.15) is 0 Å². The average molecular weight is 344 g/mol. The number of anilines is 1. The molecule has 0 radical (unpaired) electrons. The van der Waals surface area contributed by atoms with E-state index in [0.29, 0.717) is 0 Å². The predicted octanol–water partition coefficient (Wildman–Crippen LogP) is 5.54. The van der Waals surface area contributed by atoms with Crippen LogP contribution in [0.4, 0.5) is 18.9 Å². The van der Waals surface area contributed by atoms with Crippen LogP contribution in [0.3, 0.4) is 0 Å². The summed E-state index contributed by atoms with van der Waals surface area (Å²) in [5, 5.41) is 0. The lowest BCUT2D eigenvalue weighted by atomic mass is 10.1. The lowest BCUT2D eigenvalue weighted by Crippen LogP contribution is -2.08. The molecule has 0 amide bonds. The second-order valence-electron chi connectivity index (χ2n) is 6.18. The zero-order valence-electron chi connectivity index (χ0n) is 14.3. The van der Waals surface area contributed by atoms with E-state index in [9.17, 15) is 13.2 Å². The lowest BCUT2D eigenvalue weighted by Gasteiger charge is -2.16. The van der Waals surface area contributed by atoms with E-state index < -0.39 is 11.7 Å². The summed E-state index contributed by atoms with van der Waals surface area (Å²) in [6, 6.07) is 17.2. The van der Waals surface area contributed by atoms with Gasteiger partial charge in [0.05, 0.1) is 11.3 Å². The van der Waals surface area contributed by atoms with E-state index in [1.54, 1.807) is 0 Å². The van der Waals surface area contributed by atoms with Crippen molar-refractivity contribution in [3.63, 3.8) is 0 Å². The summed E-state index contributed by atoms with van der Waals surface area (Å²) in [5.41, 5.74) is 4.06. The molecule has 0 spiro atoms. The molecule has 25 heavy (non-hydrogen) atoms. The maximum atomic E-state index is 12.8. The normalized spacial score (nSPS) is 11.6. The van der Waals surface area contributed by atoms with Gasteiger partial charge in [0.15, 0.2) is 0 Å². The fraction of sp³-hybridized carbons (Fsp3) is 0.200. The molecule has 0 N–H and O–H groups in total. The van der Waals surface area contributed by atoms with E-state index in [1.807, 2.05) is 66.9 Å². The molecule has 0 atom stereocenters. The summed E-state index contributed by atoms with van der Waals surface area (Å²) in [4.78, 5) is 2.02. The summed E-state index contributed by atoms with van der Waals surface area (Å²) in [6.45, 7) is 1.98. The van der Waals surface area contributed by atoms with Crippen LogP contribution in [0.1, 0.15) is 11.3 Å². The SMILES string of the molecule is Cc1ccc(-c2ccc(C(F)(F)F)cc2)n1-c1ccc(N(C)C)cc1. The Kier molecular flexibility index (Phi) is 4.33. The molecule has 3 aromatic rings. The van der Waals surface area contributed by atoms with Gasteiger partial charge in [-0.15, -0.1) is 0 Å². The Labute approximate surface area is 145 Å². The topological polar surface area (TPSA) is 8.17 Å². The van der Waals surface area contributed by atoms with Crippen molar-refractivity contribution in [3.8, 4) is 16.9 Å². The van der Waals surface area contributed by atoms with E-state index in [4.69, 9.17) is 0 Å². The number of hydrogen-bond donors (Lipinski definition) is 0. The number of aryl methyl sites for hydroxylation is 1. The maximum absolute atomic E-state index is 12.8. The number of rotatable bonds is 3. The summed E-state index contributed by atoms with van der Waals surface area (Å²) < 4.78 is 40.3. The number of aromatic nitrogens is 1. The number of alkyl halides is 3. The average Bonchev–Trinajstić information content (AvgIpc) is 2.96. The van der Waals surface area contributed by atoms with Gasteiger partial charge in [0, 0.05) is 31.2 Å². The molecule has 2 aromatic carbocycles. The van der Waals surface area contributed by atoms with Crippen molar-refractivity contribution in [3.05, 3.63) is 71.9 Å². The number of hydrogen-bond acceptors (Lipinski definition) is 1. The van der Waals surface area contributed by atoms with Crippen LogP contribution in [0.25, 0.3) is 16.9 Å². The van der Waals surface area contributed by atoms with Crippen molar-refractivity contribution in [2.45, 2.75) is 13.1 Å². The smallest absolute Gasteiger partial charge is 0.378 e. The molecule has 130 valence electrons. The predicted molar refractivity (Wildman–Crippen MR) is 95.3 cm³/mol. The van der Waals surface area contributed by atoms with Crippen LogP contribution in [0.2, 0.25) is 0 Å². The highest BCUT2D eigenvalue weighted by atomic mass is 19.4. The summed E-state index contributed by atoms with van der Waals surface area (Å²) in [7, 11) is 3.95. The molecular formula is C20H19F3N2. The molecule has 0 saturated heterocycles. The van der Waals surface area contributed by atoms with E-state index in [-0.39, 0.29) is 0 Å². The molecule has 3 rings (SSSR count). The standard InChI is InChI=1S/C20H19F3N2/c1-14-4-13-19(15-5-7-16(8-6-15)20(21,22)23)25(14)18-11-9-17(10-12-18)24(2)3/h4-13H,1-3H3. The van der Waals surface area contributed by atoms with Crippen LogP contribution in [-0.4, -0.2) is 18.7 Å². The fourth-order valence-corrected chi connectivity index (χ4v) is 2.84. The van der Waals surface area contributed by atoms with Crippen LogP contribution in [0.15, 0.2) is 60.7 Å². The Hall–Kier alpha value is -2.69. The highest BCUT2D eigenvalue weighted by Gasteiger charge is 2.30. The first kappa shape index (κ1) is 17.1. The van der Waals surface area contributed by atoms with Gasteiger partial charge in [0.25, 0.3) is 0 Å². The molecule has 0 unspecified atom stereocenters. The Morgan fingerprint density at radius 2 is 1.40 bits per heavy atom. The first-order valence-electron chi connectivity index (χ1n) is 7.91. The van der Waals surface area contributed by atoms with Crippen molar-refractivity contribution in [1.29, 1.82) is 0 Å². The van der Waals surface area contributed by atoms with Gasteiger partial charge in [-0.3, -0.25) is 0 Å². The third-order valence-electron chi connectivity index (χ3n) is 4.21. The third kappa shape index (κ3) is 3.40. The van der Waals surface area contributed by atoms with Crippen LogP contribution < -0.4 is 4.90 Å². The monoisotopic (exact) mass is 344 g/mol. The summed E-state index contributed by atoms with van der Waals surface area (Å²) >= 11 is 0. The zero-order chi connectivity index (χ0) is 18.2. The Bertz CT molecular complexity index is 857.